The lowest BCUT2D eigenvalue weighted by Crippen LogP contribution is -2.30. The normalized spacial score (nSPS) is 23.4. The molecule has 0 saturated heterocycles. The molecule has 2 heteroatoms. The first-order chi connectivity index (χ1) is 9.78. The average Bonchev–Trinajstić information content (AvgIpc) is 2.67. The lowest BCUT2D eigenvalue weighted by Gasteiger charge is -2.17. The van der Waals surface area contributed by atoms with Crippen LogP contribution in [0.15, 0.2) is 24.3 Å². The number of benzene rings is 1. The van der Waals surface area contributed by atoms with E-state index < -0.39 is 0 Å². The highest BCUT2D eigenvalue weighted by Gasteiger charge is 2.17. The molecule has 1 aromatic rings. The first-order valence-corrected chi connectivity index (χ1v) is 8.29. The van der Waals surface area contributed by atoms with Gasteiger partial charge in [-0.05, 0) is 55.8 Å². The summed E-state index contributed by atoms with van der Waals surface area (Å²) in [6, 6.07) is 8.30. The van der Waals surface area contributed by atoms with Crippen LogP contribution in [-0.2, 0) is 6.42 Å². The molecule has 1 aliphatic carbocycles. The zero-order chi connectivity index (χ0) is 14.2. The molecule has 2 N–H and O–H groups in total. The number of hydrogen-bond acceptors (Lipinski definition) is 2. The summed E-state index contributed by atoms with van der Waals surface area (Å²) in [4.78, 5) is 0. The van der Waals surface area contributed by atoms with Gasteiger partial charge in [-0.2, -0.15) is 0 Å². The van der Waals surface area contributed by atoms with E-state index in [0.717, 1.165) is 18.9 Å². The lowest BCUT2D eigenvalue weighted by molar-refractivity contribution is 0.410. The molecule has 2 atom stereocenters. The number of aromatic hydroxyl groups is 1. The zero-order valence-electron chi connectivity index (χ0n) is 12.8. The van der Waals surface area contributed by atoms with Crippen LogP contribution < -0.4 is 5.32 Å². The zero-order valence-corrected chi connectivity index (χ0v) is 12.8. The van der Waals surface area contributed by atoms with Gasteiger partial charge in [0.1, 0.15) is 5.75 Å². The molecule has 0 aliphatic heterocycles. The minimum absolute atomic E-state index is 0.354. The molecule has 1 aromatic carbocycles. The Kier molecular flexibility index (Phi) is 6.38. The maximum atomic E-state index is 9.27. The van der Waals surface area contributed by atoms with Crippen LogP contribution in [0.1, 0.15) is 57.4 Å². The van der Waals surface area contributed by atoms with Crippen molar-refractivity contribution in [3.63, 3.8) is 0 Å². The standard InChI is InChI=1S/C18H29NO/c1-2-4-15-5-3-6-17(10-7-15)19-14-13-16-8-11-18(20)12-9-16/h8-9,11-12,15,17,19-20H,2-7,10,13-14H2,1H3. The van der Waals surface area contributed by atoms with Gasteiger partial charge >= 0.3 is 0 Å². The Morgan fingerprint density at radius 1 is 1.10 bits per heavy atom. The number of rotatable bonds is 6. The molecule has 2 rings (SSSR count). The molecule has 0 amide bonds. The number of hydrogen-bond donors (Lipinski definition) is 2. The molecular weight excluding hydrogens is 246 g/mol. The molecule has 0 radical (unpaired) electrons. The summed E-state index contributed by atoms with van der Waals surface area (Å²) in [5.41, 5.74) is 1.30. The lowest BCUT2D eigenvalue weighted by atomic mass is 9.95. The predicted molar refractivity (Wildman–Crippen MR) is 85.1 cm³/mol. The van der Waals surface area contributed by atoms with Crippen LogP contribution in [0.25, 0.3) is 0 Å². The van der Waals surface area contributed by atoms with Gasteiger partial charge < -0.3 is 10.4 Å². The van der Waals surface area contributed by atoms with Crippen molar-refractivity contribution in [2.24, 2.45) is 5.92 Å². The Morgan fingerprint density at radius 2 is 1.90 bits per heavy atom. The second-order valence-corrected chi connectivity index (χ2v) is 6.23. The number of nitrogens with one attached hydrogen (secondary N) is 1. The van der Waals surface area contributed by atoms with Crippen LogP contribution >= 0.6 is 0 Å². The maximum Gasteiger partial charge on any atom is 0.115 e. The van der Waals surface area contributed by atoms with E-state index in [0.29, 0.717) is 11.8 Å². The minimum Gasteiger partial charge on any atom is -0.508 e. The summed E-state index contributed by atoms with van der Waals surface area (Å²) in [7, 11) is 0. The van der Waals surface area contributed by atoms with Crippen molar-refractivity contribution in [2.75, 3.05) is 6.54 Å². The minimum atomic E-state index is 0.354. The fourth-order valence-corrected chi connectivity index (χ4v) is 3.36. The van der Waals surface area contributed by atoms with Crippen LogP contribution in [0, 0.1) is 5.92 Å². The molecule has 1 aliphatic rings. The molecule has 0 bridgehead atoms. The van der Waals surface area contributed by atoms with E-state index in [-0.39, 0.29) is 0 Å². The van der Waals surface area contributed by atoms with E-state index in [1.165, 1.54) is 50.5 Å². The van der Waals surface area contributed by atoms with E-state index in [9.17, 15) is 5.11 Å². The topological polar surface area (TPSA) is 32.3 Å². The van der Waals surface area contributed by atoms with Crippen molar-refractivity contribution in [1.82, 2.24) is 5.32 Å². The molecule has 20 heavy (non-hydrogen) atoms. The molecule has 0 heterocycles. The van der Waals surface area contributed by atoms with Gasteiger partial charge in [-0.15, -0.1) is 0 Å². The third kappa shape index (κ3) is 5.16. The summed E-state index contributed by atoms with van der Waals surface area (Å²) in [6.45, 7) is 3.35. The van der Waals surface area contributed by atoms with Crippen LogP contribution in [-0.4, -0.2) is 17.7 Å². The molecule has 2 unspecified atom stereocenters. The summed E-state index contributed by atoms with van der Waals surface area (Å²) in [5.74, 6) is 1.33. The Bertz CT molecular complexity index is 374. The van der Waals surface area contributed by atoms with Crippen LogP contribution in [0.5, 0.6) is 5.75 Å². The van der Waals surface area contributed by atoms with Crippen molar-refractivity contribution < 1.29 is 5.11 Å². The van der Waals surface area contributed by atoms with Crippen LogP contribution in [0.3, 0.4) is 0 Å². The fraction of sp³-hybridized carbons (Fsp3) is 0.667. The van der Waals surface area contributed by atoms with Gasteiger partial charge in [-0.3, -0.25) is 0 Å². The molecular formula is C18H29NO. The second kappa shape index (κ2) is 8.31. The van der Waals surface area contributed by atoms with Crippen molar-refractivity contribution in [2.45, 2.75) is 64.3 Å². The van der Waals surface area contributed by atoms with Crippen molar-refractivity contribution in [1.29, 1.82) is 0 Å². The van der Waals surface area contributed by atoms with Gasteiger partial charge in [0, 0.05) is 6.04 Å². The predicted octanol–water partition coefficient (Wildman–Crippen LogP) is 4.27. The van der Waals surface area contributed by atoms with Gasteiger partial charge in [-0.1, -0.05) is 44.7 Å². The van der Waals surface area contributed by atoms with E-state index in [1.54, 1.807) is 12.1 Å². The maximum absolute atomic E-state index is 9.27. The highest BCUT2D eigenvalue weighted by Crippen LogP contribution is 2.26. The Labute approximate surface area is 123 Å². The van der Waals surface area contributed by atoms with Crippen LogP contribution in [0.2, 0.25) is 0 Å². The summed E-state index contributed by atoms with van der Waals surface area (Å²) < 4.78 is 0. The average molecular weight is 275 g/mol. The van der Waals surface area contributed by atoms with E-state index in [1.807, 2.05) is 12.1 Å². The SMILES string of the molecule is CCCC1CCCC(NCCc2ccc(O)cc2)CC1. The molecule has 2 nitrogen and oxygen atoms in total. The first-order valence-electron chi connectivity index (χ1n) is 8.29. The van der Waals surface area contributed by atoms with Crippen molar-refractivity contribution >= 4 is 0 Å². The fourth-order valence-electron chi connectivity index (χ4n) is 3.36. The molecule has 0 aromatic heterocycles. The largest absolute Gasteiger partial charge is 0.508 e. The van der Waals surface area contributed by atoms with Gasteiger partial charge in [-0.25, -0.2) is 0 Å². The summed E-state index contributed by atoms with van der Waals surface area (Å²) in [6.07, 6.45) is 10.7. The quantitative estimate of drug-likeness (QED) is 0.760. The summed E-state index contributed by atoms with van der Waals surface area (Å²) in [5, 5.41) is 13.0. The second-order valence-electron chi connectivity index (χ2n) is 6.23. The molecule has 0 spiro atoms. The van der Waals surface area contributed by atoms with Gasteiger partial charge in [0.15, 0.2) is 0 Å². The third-order valence-corrected chi connectivity index (χ3v) is 4.57. The highest BCUT2D eigenvalue weighted by molar-refractivity contribution is 5.25. The monoisotopic (exact) mass is 275 g/mol. The Hall–Kier alpha value is -1.02. The summed E-state index contributed by atoms with van der Waals surface area (Å²) >= 11 is 0. The van der Waals surface area contributed by atoms with Crippen molar-refractivity contribution in [3.05, 3.63) is 29.8 Å². The highest BCUT2D eigenvalue weighted by atomic mass is 16.3. The van der Waals surface area contributed by atoms with Crippen molar-refractivity contribution in [3.8, 4) is 5.75 Å². The Balaban J connectivity index is 1.67. The van der Waals surface area contributed by atoms with E-state index >= 15 is 0 Å². The van der Waals surface area contributed by atoms with E-state index in [2.05, 4.69) is 12.2 Å². The van der Waals surface area contributed by atoms with Gasteiger partial charge in [0.25, 0.3) is 0 Å². The Morgan fingerprint density at radius 3 is 2.65 bits per heavy atom. The number of phenols is 1. The number of phenolic OH excluding ortho intramolecular Hbond substituents is 1. The smallest absolute Gasteiger partial charge is 0.115 e. The third-order valence-electron chi connectivity index (χ3n) is 4.57. The van der Waals surface area contributed by atoms with Crippen LogP contribution in [0.4, 0.5) is 0 Å². The van der Waals surface area contributed by atoms with Gasteiger partial charge in [0.2, 0.25) is 0 Å². The molecule has 112 valence electrons. The van der Waals surface area contributed by atoms with E-state index in [4.69, 9.17) is 0 Å². The molecule has 1 saturated carbocycles. The first kappa shape index (κ1) is 15.4. The van der Waals surface area contributed by atoms with Gasteiger partial charge in [0.05, 0.1) is 0 Å². The molecule has 1 fully saturated rings.